The van der Waals surface area contributed by atoms with E-state index in [-0.39, 0.29) is 17.9 Å². The number of anilines is 2. The highest BCUT2D eigenvalue weighted by Gasteiger charge is 2.29. The summed E-state index contributed by atoms with van der Waals surface area (Å²) in [6.07, 6.45) is 4.65. The first-order valence-corrected chi connectivity index (χ1v) is 12.0. The lowest BCUT2D eigenvalue weighted by molar-refractivity contribution is -0.116. The van der Waals surface area contributed by atoms with Gasteiger partial charge in [0.05, 0.1) is 5.56 Å². The van der Waals surface area contributed by atoms with Gasteiger partial charge in [-0.25, -0.2) is 4.79 Å². The van der Waals surface area contributed by atoms with Crippen LogP contribution in [-0.2, 0) is 22.4 Å². The van der Waals surface area contributed by atoms with Gasteiger partial charge in [-0.3, -0.25) is 14.7 Å². The fourth-order valence-electron chi connectivity index (χ4n) is 4.11. The van der Waals surface area contributed by atoms with Crippen LogP contribution >= 0.6 is 11.3 Å². The number of carbonyl (C=O) groups excluding carboxylic acids is 2. The van der Waals surface area contributed by atoms with Crippen molar-refractivity contribution < 1.29 is 14.3 Å². The molecule has 3 aromatic rings. The topological polar surface area (TPSA) is 95.3 Å². The number of rotatable bonds is 6. The number of hydrogen-bond donors (Lipinski definition) is 1. The van der Waals surface area contributed by atoms with E-state index in [4.69, 9.17) is 4.74 Å². The van der Waals surface area contributed by atoms with Gasteiger partial charge in [-0.15, -0.1) is 11.3 Å². The molecule has 0 spiro atoms. The van der Waals surface area contributed by atoms with Crippen LogP contribution in [0, 0.1) is 11.3 Å². The molecule has 2 unspecified atom stereocenters. The number of nitrogens with one attached hydrogen (secondary N) is 1. The second-order valence-corrected chi connectivity index (χ2v) is 9.50. The average molecular weight is 475 g/mol. The number of ether oxygens (including phenoxy) is 1. The quantitative estimate of drug-likeness (QED) is 0.525. The summed E-state index contributed by atoms with van der Waals surface area (Å²) in [7, 11) is 1.66. The van der Waals surface area contributed by atoms with Crippen molar-refractivity contribution >= 4 is 34.0 Å². The maximum atomic E-state index is 12.7. The van der Waals surface area contributed by atoms with Crippen molar-refractivity contribution in [3.8, 4) is 6.07 Å². The van der Waals surface area contributed by atoms with Gasteiger partial charge in [-0.2, -0.15) is 5.26 Å². The summed E-state index contributed by atoms with van der Waals surface area (Å²) in [5.74, 6) is -0.0455. The Morgan fingerprint density at radius 1 is 1.26 bits per heavy atom. The molecule has 0 saturated heterocycles. The van der Waals surface area contributed by atoms with Crippen LogP contribution in [0.15, 0.2) is 54.9 Å². The number of thiophene rings is 1. The Bertz CT molecular complexity index is 1200. The van der Waals surface area contributed by atoms with Crippen LogP contribution in [0.1, 0.15) is 47.3 Å². The summed E-state index contributed by atoms with van der Waals surface area (Å²) in [4.78, 5) is 31.7. The van der Waals surface area contributed by atoms with Crippen molar-refractivity contribution in [2.75, 3.05) is 17.3 Å². The van der Waals surface area contributed by atoms with Crippen molar-refractivity contribution in [1.29, 1.82) is 5.26 Å². The van der Waals surface area contributed by atoms with Gasteiger partial charge in [0.15, 0.2) is 0 Å². The molecule has 0 saturated carbocycles. The summed E-state index contributed by atoms with van der Waals surface area (Å²) in [6, 6.07) is 15.6. The molecule has 1 aliphatic rings. The number of amides is 2. The molecular formula is C26H26N4O3S. The van der Waals surface area contributed by atoms with E-state index in [1.54, 1.807) is 31.6 Å². The van der Waals surface area contributed by atoms with Crippen molar-refractivity contribution in [2.24, 2.45) is 0 Å². The van der Waals surface area contributed by atoms with E-state index in [2.05, 4.69) is 16.4 Å². The molecule has 4 rings (SSSR count). The van der Waals surface area contributed by atoms with Crippen LogP contribution in [0.2, 0.25) is 0 Å². The molecule has 0 bridgehead atoms. The fourth-order valence-corrected chi connectivity index (χ4v) is 5.39. The highest BCUT2D eigenvalue weighted by atomic mass is 32.1. The van der Waals surface area contributed by atoms with Crippen molar-refractivity contribution in [1.82, 2.24) is 4.98 Å². The molecule has 0 fully saturated rings. The Morgan fingerprint density at radius 2 is 2.00 bits per heavy atom. The average Bonchev–Trinajstić information content (AvgIpc) is 3.20. The van der Waals surface area contributed by atoms with Crippen LogP contribution in [0.25, 0.3) is 0 Å². The second kappa shape index (κ2) is 10.5. The minimum absolute atomic E-state index is 0.0718. The molecule has 0 radical (unpaired) electrons. The Kier molecular flexibility index (Phi) is 7.24. The van der Waals surface area contributed by atoms with Gasteiger partial charge >= 0.3 is 6.09 Å². The normalized spacial score (nSPS) is 15.5. The molecule has 2 amide bonds. The molecule has 174 valence electrons. The lowest BCUT2D eigenvalue weighted by Gasteiger charge is -2.25. The number of fused-ring (bicyclic) bond motifs is 1. The molecule has 8 heteroatoms. The summed E-state index contributed by atoms with van der Waals surface area (Å²) in [5.41, 5.74) is 3.28. The molecule has 2 aromatic heterocycles. The van der Waals surface area contributed by atoms with Gasteiger partial charge in [-0.1, -0.05) is 37.3 Å². The standard InChI is InChI=1S/C26H26N4O3S/c1-17(18-6-4-3-5-7-18)14-24(31)29-25-22(16-27)21-9-8-20(15-23(21)34-25)33-26(32)30(2)19-10-12-28-13-11-19/h3-7,10-13,17,20H,8-9,14-15H2,1-2H3,(H,29,31). The third-order valence-corrected chi connectivity index (χ3v) is 7.21. The van der Waals surface area contributed by atoms with E-state index in [0.717, 1.165) is 16.0 Å². The number of pyridine rings is 1. The van der Waals surface area contributed by atoms with Crippen molar-refractivity contribution in [3.05, 3.63) is 76.4 Å². The second-order valence-electron chi connectivity index (χ2n) is 8.40. The van der Waals surface area contributed by atoms with Crippen molar-refractivity contribution in [3.63, 3.8) is 0 Å². The molecule has 1 N–H and O–H groups in total. The summed E-state index contributed by atoms with van der Waals surface area (Å²) in [6.45, 7) is 2.02. The van der Waals surface area contributed by atoms with Gasteiger partial charge in [0, 0.05) is 42.8 Å². The van der Waals surface area contributed by atoms with E-state index < -0.39 is 6.09 Å². The van der Waals surface area contributed by atoms with Crippen LogP contribution in [-0.4, -0.2) is 30.1 Å². The Labute approximate surface area is 203 Å². The minimum atomic E-state index is -0.430. The molecular weight excluding hydrogens is 448 g/mol. The molecule has 2 atom stereocenters. The minimum Gasteiger partial charge on any atom is -0.445 e. The van der Waals surface area contributed by atoms with Gasteiger partial charge in [0.2, 0.25) is 5.91 Å². The van der Waals surface area contributed by atoms with Gasteiger partial charge in [0.1, 0.15) is 17.2 Å². The van der Waals surface area contributed by atoms with E-state index >= 15 is 0 Å². The van der Waals surface area contributed by atoms with E-state index in [9.17, 15) is 14.9 Å². The largest absolute Gasteiger partial charge is 0.445 e. The number of carbonyl (C=O) groups is 2. The first-order chi connectivity index (χ1) is 16.5. The number of nitrogens with zero attached hydrogens (tertiary/aromatic N) is 3. The highest BCUT2D eigenvalue weighted by molar-refractivity contribution is 7.16. The molecule has 34 heavy (non-hydrogen) atoms. The highest BCUT2D eigenvalue weighted by Crippen LogP contribution is 2.38. The molecule has 7 nitrogen and oxygen atoms in total. The Balaban J connectivity index is 1.40. The third-order valence-electron chi connectivity index (χ3n) is 6.04. The zero-order chi connectivity index (χ0) is 24.1. The first-order valence-electron chi connectivity index (χ1n) is 11.2. The lowest BCUT2D eigenvalue weighted by atomic mass is 9.93. The summed E-state index contributed by atoms with van der Waals surface area (Å²) in [5, 5.41) is 13.3. The number of nitriles is 1. The predicted octanol–water partition coefficient (Wildman–Crippen LogP) is 5.28. The number of aromatic nitrogens is 1. The number of benzene rings is 1. The van der Waals surface area contributed by atoms with Gasteiger partial charge in [-0.05, 0) is 42.0 Å². The van der Waals surface area contributed by atoms with E-state index in [0.29, 0.717) is 41.9 Å². The van der Waals surface area contributed by atoms with Crippen molar-refractivity contribution in [2.45, 2.75) is 44.6 Å². The van der Waals surface area contributed by atoms with Gasteiger partial charge in [0.25, 0.3) is 0 Å². The molecule has 1 aromatic carbocycles. The maximum absolute atomic E-state index is 12.7. The SMILES string of the molecule is CC(CC(=O)Nc1sc2c(c1C#N)CCC(OC(=O)N(C)c1ccncc1)C2)c1ccccc1. The van der Waals surface area contributed by atoms with E-state index in [1.807, 2.05) is 37.3 Å². The maximum Gasteiger partial charge on any atom is 0.414 e. The predicted molar refractivity (Wildman–Crippen MR) is 132 cm³/mol. The number of hydrogen-bond acceptors (Lipinski definition) is 6. The zero-order valence-corrected chi connectivity index (χ0v) is 20.0. The van der Waals surface area contributed by atoms with Crippen LogP contribution in [0.4, 0.5) is 15.5 Å². The monoisotopic (exact) mass is 474 g/mol. The third kappa shape index (κ3) is 5.26. The smallest absolute Gasteiger partial charge is 0.414 e. The summed E-state index contributed by atoms with van der Waals surface area (Å²) < 4.78 is 5.73. The van der Waals surface area contributed by atoms with Crippen LogP contribution in [0.3, 0.4) is 0 Å². The zero-order valence-electron chi connectivity index (χ0n) is 19.2. The van der Waals surface area contributed by atoms with Gasteiger partial charge < -0.3 is 10.1 Å². The fraction of sp³-hybridized carbons (Fsp3) is 0.308. The Morgan fingerprint density at radius 3 is 2.71 bits per heavy atom. The van der Waals surface area contributed by atoms with E-state index in [1.165, 1.54) is 16.2 Å². The lowest BCUT2D eigenvalue weighted by Crippen LogP contribution is -2.33. The molecule has 1 aliphatic carbocycles. The molecule has 0 aliphatic heterocycles. The summed E-state index contributed by atoms with van der Waals surface area (Å²) >= 11 is 1.41. The molecule has 2 heterocycles. The van der Waals surface area contributed by atoms with Crippen LogP contribution < -0.4 is 10.2 Å². The van der Waals surface area contributed by atoms with Crippen LogP contribution in [0.5, 0.6) is 0 Å². The Hall–Kier alpha value is -3.70. The first kappa shape index (κ1) is 23.5.